The number of anilines is 2. The molecule has 1 amide bonds. The highest BCUT2D eigenvalue weighted by Gasteiger charge is 2.14. The van der Waals surface area contributed by atoms with Gasteiger partial charge in [0.2, 0.25) is 0 Å². The number of hydrogen-bond acceptors (Lipinski definition) is 4. The monoisotopic (exact) mass is 344 g/mol. The molecule has 0 atom stereocenters. The van der Waals surface area contributed by atoms with E-state index in [0.29, 0.717) is 16.4 Å². The normalized spacial score (nSPS) is 15.0. The average Bonchev–Trinajstić information content (AvgIpc) is 2.87. The Hall–Kier alpha value is -2.14. The molecule has 1 N–H and O–H groups in total. The molecule has 6 heteroatoms. The highest BCUT2D eigenvalue weighted by Crippen LogP contribution is 2.21. The molecule has 2 aromatic rings. The summed E-state index contributed by atoms with van der Waals surface area (Å²) in [5, 5.41) is 3.42. The Balaban J connectivity index is 1.70. The molecular formula is C18H21ClN4O. The quantitative estimate of drug-likeness (QED) is 0.911. The number of carbonyl (C=O) groups is 1. The summed E-state index contributed by atoms with van der Waals surface area (Å²) in [6, 6.07) is 5.39. The number of hydrogen-bond donors (Lipinski definition) is 1. The molecule has 0 spiro atoms. The second-order valence-electron chi connectivity index (χ2n) is 6.07. The van der Waals surface area contributed by atoms with Gasteiger partial charge in [-0.2, -0.15) is 0 Å². The van der Waals surface area contributed by atoms with Crippen LogP contribution in [0.15, 0.2) is 30.6 Å². The molecule has 1 aromatic heterocycles. The first-order chi connectivity index (χ1) is 11.6. The predicted octanol–water partition coefficient (Wildman–Crippen LogP) is 4.07. The van der Waals surface area contributed by atoms with Gasteiger partial charge in [-0.05, 0) is 37.5 Å². The van der Waals surface area contributed by atoms with Gasteiger partial charge in [0.05, 0.1) is 12.4 Å². The molecule has 0 saturated carbocycles. The maximum atomic E-state index is 12.3. The Morgan fingerprint density at radius 2 is 1.88 bits per heavy atom. The number of amides is 1. The van der Waals surface area contributed by atoms with Gasteiger partial charge in [-0.15, -0.1) is 0 Å². The van der Waals surface area contributed by atoms with E-state index in [1.807, 2.05) is 13.0 Å². The summed E-state index contributed by atoms with van der Waals surface area (Å²) in [5.74, 6) is 0.558. The molecule has 1 fully saturated rings. The van der Waals surface area contributed by atoms with Crippen LogP contribution in [0.3, 0.4) is 0 Å². The van der Waals surface area contributed by atoms with E-state index in [4.69, 9.17) is 11.6 Å². The zero-order valence-corrected chi connectivity index (χ0v) is 14.5. The van der Waals surface area contributed by atoms with Crippen molar-refractivity contribution in [3.63, 3.8) is 0 Å². The van der Waals surface area contributed by atoms with Crippen molar-refractivity contribution in [2.24, 2.45) is 0 Å². The minimum Gasteiger partial charge on any atom is -0.355 e. The molecule has 1 aliphatic heterocycles. The van der Waals surface area contributed by atoms with Crippen molar-refractivity contribution < 1.29 is 4.79 Å². The topological polar surface area (TPSA) is 58.1 Å². The second kappa shape index (κ2) is 7.62. The number of benzene rings is 1. The van der Waals surface area contributed by atoms with Crippen LogP contribution >= 0.6 is 11.6 Å². The fourth-order valence-corrected chi connectivity index (χ4v) is 2.99. The predicted molar refractivity (Wildman–Crippen MR) is 96.9 cm³/mol. The first-order valence-electron chi connectivity index (χ1n) is 8.28. The summed E-state index contributed by atoms with van der Waals surface area (Å²) in [5.41, 5.74) is 1.93. The van der Waals surface area contributed by atoms with E-state index < -0.39 is 0 Å². The zero-order chi connectivity index (χ0) is 16.9. The lowest BCUT2D eigenvalue weighted by Crippen LogP contribution is -2.25. The van der Waals surface area contributed by atoms with Crippen LogP contribution in [0.4, 0.5) is 11.5 Å². The van der Waals surface area contributed by atoms with Gasteiger partial charge in [0.25, 0.3) is 5.91 Å². The van der Waals surface area contributed by atoms with Gasteiger partial charge in [-0.25, -0.2) is 9.97 Å². The average molecular weight is 345 g/mol. The van der Waals surface area contributed by atoms with Crippen molar-refractivity contribution in [1.82, 2.24) is 9.97 Å². The molecule has 5 nitrogen and oxygen atoms in total. The lowest BCUT2D eigenvalue weighted by molar-refractivity contribution is 0.102. The van der Waals surface area contributed by atoms with Crippen molar-refractivity contribution >= 4 is 29.0 Å². The van der Waals surface area contributed by atoms with E-state index in [1.54, 1.807) is 18.3 Å². The molecular weight excluding hydrogens is 324 g/mol. The Morgan fingerprint density at radius 1 is 1.12 bits per heavy atom. The third kappa shape index (κ3) is 4.03. The van der Waals surface area contributed by atoms with E-state index in [2.05, 4.69) is 20.2 Å². The van der Waals surface area contributed by atoms with Crippen molar-refractivity contribution in [1.29, 1.82) is 0 Å². The van der Waals surface area contributed by atoms with Crippen LogP contribution in [0.25, 0.3) is 0 Å². The molecule has 0 radical (unpaired) electrons. The third-order valence-corrected chi connectivity index (χ3v) is 4.48. The summed E-state index contributed by atoms with van der Waals surface area (Å²) >= 11 is 5.98. The zero-order valence-electron chi connectivity index (χ0n) is 13.8. The number of rotatable bonds is 3. The molecule has 3 rings (SSSR count). The minimum absolute atomic E-state index is 0.282. The molecule has 0 unspecified atom stereocenters. The lowest BCUT2D eigenvalue weighted by Gasteiger charge is -2.20. The molecule has 1 aromatic carbocycles. The standard InChI is InChI=1S/C18H21ClN4O/c1-13-6-7-14(19)10-15(13)22-18(24)16-11-21-17(12-20-16)23-8-4-2-3-5-9-23/h6-7,10-12H,2-5,8-9H2,1H3,(H,22,24). The Bertz CT molecular complexity index is 709. The molecule has 1 aliphatic rings. The fraction of sp³-hybridized carbons (Fsp3) is 0.389. The number of aromatic nitrogens is 2. The molecule has 126 valence electrons. The maximum absolute atomic E-state index is 12.3. The molecule has 0 bridgehead atoms. The highest BCUT2D eigenvalue weighted by atomic mass is 35.5. The first-order valence-corrected chi connectivity index (χ1v) is 8.66. The van der Waals surface area contributed by atoms with Crippen molar-refractivity contribution in [2.75, 3.05) is 23.3 Å². The molecule has 0 aliphatic carbocycles. The molecule has 24 heavy (non-hydrogen) atoms. The number of carbonyl (C=O) groups excluding carboxylic acids is 1. The van der Waals surface area contributed by atoms with Gasteiger partial charge in [-0.3, -0.25) is 4.79 Å². The third-order valence-electron chi connectivity index (χ3n) is 4.25. The highest BCUT2D eigenvalue weighted by molar-refractivity contribution is 6.31. The van der Waals surface area contributed by atoms with Gasteiger partial charge in [0.15, 0.2) is 0 Å². The van der Waals surface area contributed by atoms with Crippen molar-refractivity contribution in [3.05, 3.63) is 46.9 Å². The first kappa shape index (κ1) is 16.7. The lowest BCUT2D eigenvalue weighted by atomic mass is 10.2. The summed E-state index contributed by atoms with van der Waals surface area (Å²) in [7, 11) is 0. The van der Waals surface area contributed by atoms with Crippen LogP contribution < -0.4 is 10.2 Å². The molecule has 2 heterocycles. The Labute approximate surface area is 147 Å². The van der Waals surface area contributed by atoms with Crippen LogP contribution in [-0.4, -0.2) is 29.0 Å². The number of aryl methyl sites for hydroxylation is 1. The fourth-order valence-electron chi connectivity index (χ4n) is 2.82. The van der Waals surface area contributed by atoms with E-state index in [1.165, 1.54) is 31.9 Å². The van der Waals surface area contributed by atoms with Gasteiger partial charge < -0.3 is 10.2 Å². The van der Waals surface area contributed by atoms with Crippen molar-refractivity contribution in [2.45, 2.75) is 32.6 Å². The van der Waals surface area contributed by atoms with Crippen LogP contribution in [0.2, 0.25) is 5.02 Å². The van der Waals surface area contributed by atoms with E-state index in [0.717, 1.165) is 24.5 Å². The van der Waals surface area contributed by atoms with Gasteiger partial charge in [0.1, 0.15) is 11.5 Å². The van der Waals surface area contributed by atoms with Gasteiger partial charge in [0, 0.05) is 23.8 Å². The maximum Gasteiger partial charge on any atom is 0.275 e. The smallest absolute Gasteiger partial charge is 0.275 e. The summed E-state index contributed by atoms with van der Waals surface area (Å²) in [4.78, 5) is 23.3. The SMILES string of the molecule is Cc1ccc(Cl)cc1NC(=O)c1cnc(N2CCCCCC2)cn1. The largest absolute Gasteiger partial charge is 0.355 e. The summed E-state index contributed by atoms with van der Waals surface area (Å²) in [6.07, 6.45) is 8.11. The summed E-state index contributed by atoms with van der Waals surface area (Å²) < 4.78 is 0. The van der Waals surface area contributed by atoms with Crippen LogP contribution in [0.5, 0.6) is 0 Å². The minimum atomic E-state index is -0.282. The summed E-state index contributed by atoms with van der Waals surface area (Å²) in [6.45, 7) is 3.92. The number of nitrogens with zero attached hydrogens (tertiary/aromatic N) is 3. The van der Waals surface area contributed by atoms with Crippen molar-refractivity contribution in [3.8, 4) is 0 Å². The van der Waals surface area contributed by atoms with E-state index >= 15 is 0 Å². The number of nitrogens with one attached hydrogen (secondary N) is 1. The Kier molecular flexibility index (Phi) is 5.30. The van der Waals surface area contributed by atoms with E-state index in [-0.39, 0.29) is 5.91 Å². The van der Waals surface area contributed by atoms with Crippen LogP contribution in [0.1, 0.15) is 41.7 Å². The van der Waals surface area contributed by atoms with Crippen LogP contribution in [-0.2, 0) is 0 Å². The number of halogens is 1. The molecule has 1 saturated heterocycles. The van der Waals surface area contributed by atoms with Crippen LogP contribution in [0, 0.1) is 6.92 Å². The second-order valence-corrected chi connectivity index (χ2v) is 6.51. The van der Waals surface area contributed by atoms with E-state index in [9.17, 15) is 4.79 Å². The van der Waals surface area contributed by atoms with Gasteiger partial charge in [-0.1, -0.05) is 30.5 Å². The van der Waals surface area contributed by atoms with Gasteiger partial charge >= 0.3 is 0 Å². The Morgan fingerprint density at radius 3 is 2.54 bits per heavy atom.